The number of fused-ring (bicyclic) bond motifs is 1. The number of sulfonamides is 1. The highest BCUT2D eigenvalue weighted by atomic mass is 32.2. The Balaban J connectivity index is 1.78. The maximum atomic E-state index is 13.3. The molecule has 0 saturated carbocycles. The van der Waals surface area contributed by atoms with Crippen LogP contribution in [-0.2, 0) is 16.6 Å². The van der Waals surface area contributed by atoms with Crippen LogP contribution in [0.3, 0.4) is 0 Å². The van der Waals surface area contributed by atoms with Crippen molar-refractivity contribution >= 4 is 20.9 Å². The molecule has 1 N–H and O–H groups in total. The second-order valence-corrected chi connectivity index (χ2v) is 7.67. The van der Waals surface area contributed by atoms with Crippen LogP contribution in [0.2, 0.25) is 0 Å². The predicted molar refractivity (Wildman–Crippen MR) is 87.8 cm³/mol. The van der Waals surface area contributed by atoms with Crippen molar-refractivity contribution in [1.82, 2.24) is 19.4 Å². The van der Waals surface area contributed by atoms with E-state index in [0.717, 1.165) is 5.39 Å². The van der Waals surface area contributed by atoms with Gasteiger partial charge in [-0.1, -0.05) is 23.4 Å². The monoisotopic (exact) mass is 360 g/mol. The summed E-state index contributed by atoms with van der Waals surface area (Å²) in [6, 6.07) is 8.20. The number of para-hydroxylation sites is 1. The van der Waals surface area contributed by atoms with Crippen LogP contribution >= 0.6 is 0 Å². The van der Waals surface area contributed by atoms with E-state index < -0.39 is 16.1 Å². The molecule has 9 heteroatoms. The smallest absolute Gasteiger partial charge is 0.252 e. The topological polar surface area (TPSA) is 109 Å². The summed E-state index contributed by atoms with van der Waals surface area (Å²) in [5.74, 6) is 0.351. The molecule has 1 aliphatic rings. The summed E-state index contributed by atoms with van der Waals surface area (Å²) in [6.45, 7) is -0.00106. The molecule has 1 aliphatic heterocycles. The standard InChI is InChI=1S/C16H16N4O4S/c21-10-14-18-16(19-24-14)12-6-3-9-20(12)25(22,23)13-7-1-4-11-5-2-8-17-15(11)13/h1-2,4-5,7-8,12,21H,3,6,9-10H2. The van der Waals surface area contributed by atoms with Crippen LogP contribution < -0.4 is 0 Å². The van der Waals surface area contributed by atoms with Crippen LogP contribution in [0.5, 0.6) is 0 Å². The van der Waals surface area contributed by atoms with Crippen molar-refractivity contribution < 1.29 is 18.0 Å². The third-order valence-corrected chi connectivity index (χ3v) is 6.24. The molecule has 8 nitrogen and oxygen atoms in total. The number of aliphatic hydroxyl groups is 1. The van der Waals surface area contributed by atoms with Crippen molar-refractivity contribution in [3.05, 3.63) is 48.2 Å². The van der Waals surface area contributed by atoms with Gasteiger partial charge in [0, 0.05) is 18.1 Å². The molecule has 1 fully saturated rings. The number of aromatic nitrogens is 3. The molecule has 1 saturated heterocycles. The third kappa shape index (κ3) is 2.70. The molecule has 3 heterocycles. The fourth-order valence-electron chi connectivity index (χ4n) is 3.16. The molecule has 1 unspecified atom stereocenters. The molecule has 0 amide bonds. The molecule has 3 aromatic rings. The zero-order chi connectivity index (χ0) is 17.4. The van der Waals surface area contributed by atoms with Crippen molar-refractivity contribution in [2.24, 2.45) is 0 Å². The van der Waals surface area contributed by atoms with Gasteiger partial charge in [0.1, 0.15) is 11.5 Å². The lowest BCUT2D eigenvalue weighted by Gasteiger charge is -2.22. The second-order valence-electron chi connectivity index (χ2n) is 5.81. The van der Waals surface area contributed by atoms with Gasteiger partial charge in [0.2, 0.25) is 10.0 Å². The van der Waals surface area contributed by atoms with Crippen molar-refractivity contribution in [1.29, 1.82) is 0 Å². The Hall–Kier alpha value is -2.36. The first-order valence-corrected chi connectivity index (χ1v) is 9.34. The van der Waals surface area contributed by atoms with Crippen LogP contribution in [-0.4, -0.2) is 39.5 Å². The van der Waals surface area contributed by atoms with E-state index in [-0.39, 0.29) is 23.2 Å². The van der Waals surface area contributed by atoms with Crippen LogP contribution in [0.25, 0.3) is 10.9 Å². The predicted octanol–water partition coefficient (Wildman–Crippen LogP) is 1.64. The van der Waals surface area contributed by atoms with Gasteiger partial charge in [-0.3, -0.25) is 4.98 Å². The second kappa shape index (κ2) is 6.17. The van der Waals surface area contributed by atoms with E-state index in [4.69, 9.17) is 9.63 Å². The molecule has 2 aromatic heterocycles. The first-order valence-electron chi connectivity index (χ1n) is 7.90. The molecular formula is C16H16N4O4S. The van der Waals surface area contributed by atoms with Crippen LogP contribution in [0, 0.1) is 0 Å². The molecule has 0 radical (unpaired) electrons. The fraction of sp³-hybridized carbons (Fsp3) is 0.312. The Kier molecular flexibility index (Phi) is 3.98. The first-order chi connectivity index (χ1) is 12.1. The van der Waals surface area contributed by atoms with Gasteiger partial charge in [-0.2, -0.15) is 9.29 Å². The van der Waals surface area contributed by atoms with Crippen molar-refractivity contribution in [2.45, 2.75) is 30.4 Å². The molecule has 1 aromatic carbocycles. The average molecular weight is 360 g/mol. The van der Waals surface area contributed by atoms with Gasteiger partial charge in [-0.25, -0.2) is 8.42 Å². The lowest BCUT2D eigenvalue weighted by Crippen LogP contribution is -2.31. The van der Waals surface area contributed by atoms with E-state index >= 15 is 0 Å². The van der Waals surface area contributed by atoms with Gasteiger partial charge >= 0.3 is 0 Å². The molecule has 1 atom stereocenters. The molecule has 0 spiro atoms. The van der Waals surface area contributed by atoms with E-state index in [1.807, 2.05) is 12.1 Å². The maximum Gasteiger partial charge on any atom is 0.252 e. The van der Waals surface area contributed by atoms with Gasteiger partial charge in [0.15, 0.2) is 5.82 Å². The first kappa shape index (κ1) is 16.1. The van der Waals surface area contributed by atoms with E-state index in [9.17, 15) is 8.42 Å². The zero-order valence-electron chi connectivity index (χ0n) is 13.2. The number of nitrogens with zero attached hydrogens (tertiary/aromatic N) is 4. The summed E-state index contributed by atoms with van der Waals surface area (Å²) >= 11 is 0. The minimum Gasteiger partial charge on any atom is -0.387 e. The molecule has 130 valence electrons. The minimum atomic E-state index is -3.77. The summed E-state index contributed by atoms with van der Waals surface area (Å²) in [5, 5.41) is 13.7. The van der Waals surface area contributed by atoms with Gasteiger partial charge in [-0.15, -0.1) is 0 Å². The molecular weight excluding hydrogens is 344 g/mol. The van der Waals surface area contributed by atoms with Crippen molar-refractivity contribution in [2.75, 3.05) is 6.54 Å². The molecule has 0 bridgehead atoms. The minimum absolute atomic E-state index is 0.0751. The van der Waals surface area contributed by atoms with Crippen LogP contribution in [0.15, 0.2) is 45.9 Å². The van der Waals surface area contributed by atoms with E-state index in [2.05, 4.69) is 15.1 Å². The number of hydrogen-bond acceptors (Lipinski definition) is 7. The Labute approximate surface area is 144 Å². The summed E-state index contributed by atoms with van der Waals surface area (Å²) in [7, 11) is -3.77. The van der Waals surface area contributed by atoms with Crippen molar-refractivity contribution in [3.8, 4) is 0 Å². The van der Waals surface area contributed by atoms with Gasteiger partial charge in [0.05, 0.1) is 11.6 Å². The molecule has 0 aliphatic carbocycles. The largest absolute Gasteiger partial charge is 0.387 e. The van der Waals surface area contributed by atoms with Gasteiger partial charge < -0.3 is 9.63 Å². The number of benzene rings is 1. The summed E-state index contributed by atoms with van der Waals surface area (Å²) < 4.78 is 32.8. The van der Waals surface area contributed by atoms with Gasteiger partial charge in [0.25, 0.3) is 5.89 Å². The number of aliphatic hydroxyl groups excluding tert-OH is 1. The Morgan fingerprint density at radius 2 is 2.12 bits per heavy atom. The summed E-state index contributed by atoms with van der Waals surface area (Å²) in [6.07, 6.45) is 2.88. The van der Waals surface area contributed by atoms with Crippen LogP contribution in [0.4, 0.5) is 0 Å². The number of rotatable bonds is 4. The Bertz CT molecular complexity index is 1010. The average Bonchev–Trinajstić information content (AvgIpc) is 3.30. The fourth-order valence-corrected chi connectivity index (χ4v) is 4.99. The Morgan fingerprint density at radius 3 is 2.92 bits per heavy atom. The highest BCUT2D eigenvalue weighted by molar-refractivity contribution is 7.89. The lowest BCUT2D eigenvalue weighted by atomic mass is 10.2. The van der Waals surface area contributed by atoms with E-state index in [0.29, 0.717) is 24.9 Å². The normalized spacial score (nSPS) is 18.8. The highest BCUT2D eigenvalue weighted by Crippen LogP contribution is 2.36. The van der Waals surface area contributed by atoms with Crippen molar-refractivity contribution in [3.63, 3.8) is 0 Å². The summed E-state index contributed by atoms with van der Waals surface area (Å²) in [5.41, 5.74) is 0.444. The molecule has 4 rings (SSSR count). The van der Waals surface area contributed by atoms with E-state index in [1.54, 1.807) is 24.4 Å². The third-order valence-electron chi connectivity index (χ3n) is 4.30. The number of pyridine rings is 1. The number of hydrogen-bond donors (Lipinski definition) is 1. The van der Waals surface area contributed by atoms with E-state index in [1.165, 1.54) is 4.31 Å². The van der Waals surface area contributed by atoms with Gasteiger partial charge in [-0.05, 0) is 25.0 Å². The zero-order valence-corrected chi connectivity index (χ0v) is 14.1. The lowest BCUT2D eigenvalue weighted by molar-refractivity contribution is 0.222. The summed E-state index contributed by atoms with van der Waals surface area (Å²) in [4.78, 5) is 8.50. The van der Waals surface area contributed by atoms with Crippen LogP contribution in [0.1, 0.15) is 30.6 Å². The quantitative estimate of drug-likeness (QED) is 0.753. The SMILES string of the molecule is O=S(=O)(c1cccc2cccnc12)N1CCCC1c1noc(CO)n1. The maximum absolute atomic E-state index is 13.3. The molecule has 25 heavy (non-hydrogen) atoms. The highest BCUT2D eigenvalue weighted by Gasteiger charge is 2.39. The Morgan fingerprint density at radius 1 is 1.28 bits per heavy atom.